The molecule has 1 fully saturated rings. The maximum atomic E-state index is 12.3. The van der Waals surface area contributed by atoms with E-state index >= 15 is 0 Å². The van der Waals surface area contributed by atoms with Crippen LogP contribution in [-0.2, 0) is 9.53 Å². The van der Waals surface area contributed by atoms with Gasteiger partial charge in [-0.05, 0) is 48.5 Å². The second kappa shape index (κ2) is 5.80. The highest BCUT2D eigenvalue weighted by Gasteiger charge is 2.31. The molecule has 1 amide bonds. The molecule has 1 aliphatic rings. The van der Waals surface area contributed by atoms with Crippen LogP contribution in [0.5, 0.6) is 0 Å². The lowest BCUT2D eigenvalue weighted by molar-refractivity contribution is -0.153. The maximum Gasteiger partial charge on any atom is 0.251 e. The summed E-state index contributed by atoms with van der Waals surface area (Å²) in [5, 5.41) is 0. The first-order valence-corrected chi connectivity index (χ1v) is 7.22. The van der Waals surface area contributed by atoms with Gasteiger partial charge in [0.1, 0.15) is 6.10 Å². The predicted octanol–water partition coefficient (Wildman–Crippen LogP) is 2.13. The highest BCUT2D eigenvalue weighted by atomic mass is 16.5. The van der Waals surface area contributed by atoms with Gasteiger partial charge in [0.25, 0.3) is 5.91 Å². The zero-order valence-electron chi connectivity index (χ0n) is 13.6. The van der Waals surface area contributed by atoms with Gasteiger partial charge in [0.2, 0.25) is 0 Å². The van der Waals surface area contributed by atoms with Crippen molar-refractivity contribution in [1.29, 1.82) is 0 Å². The van der Waals surface area contributed by atoms with Gasteiger partial charge < -0.3 is 9.64 Å². The van der Waals surface area contributed by atoms with Crippen LogP contribution in [0.1, 0.15) is 48.5 Å². The topological polar surface area (TPSA) is 32.8 Å². The average molecular weight is 270 g/mol. The predicted molar refractivity (Wildman–Crippen MR) is 78.2 cm³/mol. The Morgan fingerprint density at radius 2 is 1.47 bits per heavy atom. The fraction of sp³-hybridized carbons (Fsp3) is 0.933. The van der Waals surface area contributed by atoms with E-state index in [0.717, 1.165) is 26.2 Å². The van der Waals surface area contributed by atoms with E-state index in [1.807, 2.05) is 32.6 Å². The highest BCUT2D eigenvalue weighted by molar-refractivity contribution is 5.80. The van der Waals surface area contributed by atoms with Gasteiger partial charge in [0, 0.05) is 31.7 Å². The number of amides is 1. The van der Waals surface area contributed by atoms with Crippen molar-refractivity contribution >= 4 is 5.91 Å². The molecule has 0 radical (unpaired) electrons. The third-order valence-electron chi connectivity index (χ3n) is 3.42. The van der Waals surface area contributed by atoms with Gasteiger partial charge in [0.05, 0.1) is 5.60 Å². The molecule has 1 heterocycles. The minimum absolute atomic E-state index is 0.114. The van der Waals surface area contributed by atoms with Crippen LogP contribution in [0.15, 0.2) is 0 Å². The summed E-state index contributed by atoms with van der Waals surface area (Å²) in [6, 6.07) is 0. The summed E-state index contributed by atoms with van der Waals surface area (Å²) >= 11 is 0. The molecule has 0 spiro atoms. The molecular weight excluding hydrogens is 240 g/mol. The molecule has 0 aromatic rings. The largest absolute Gasteiger partial charge is 0.363 e. The maximum absolute atomic E-state index is 12.3. The van der Waals surface area contributed by atoms with Crippen LogP contribution in [0.25, 0.3) is 0 Å². The second-order valence-electron chi connectivity index (χ2n) is 7.36. The van der Waals surface area contributed by atoms with Crippen LogP contribution in [0.2, 0.25) is 0 Å². The summed E-state index contributed by atoms with van der Waals surface area (Å²) in [5.74, 6) is 0.114. The normalized spacial score (nSPS) is 20.5. The molecule has 1 aliphatic heterocycles. The van der Waals surface area contributed by atoms with E-state index in [1.165, 1.54) is 0 Å². The summed E-state index contributed by atoms with van der Waals surface area (Å²) < 4.78 is 5.74. The van der Waals surface area contributed by atoms with Crippen molar-refractivity contribution in [1.82, 2.24) is 9.80 Å². The Bertz CT molecular complexity index is 307. The minimum Gasteiger partial charge on any atom is -0.363 e. The smallest absolute Gasteiger partial charge is 0.251 e. The van der Waals surface area contributed by atoms with Crippen LogP contribution in [0.3, 0.4) is 0 Å². The third-order valence-corrected chi connectivity index (χ3v) is 3.42. The van der Waals surface area contributed by atoms with Crippen molar-refractivity contribution < 1.29 is 9.53 Å². The van der Waals surface area contributed by atoms with E-state index in [9.17, 15) is 4.79 Å². The first kappa shape index (κ1) is 16.4. The number of hydrogen-bond acceptors (Lipinski definition) is 3. The van der Waals surface area contributed by atoms with E-state index in [4.69, 9.17) is 4.74 Å². The Hall–Kier alpha value is -0.610. The number of carbonyl (C=O) groups excluding carboxylic acids is 1. The van der Waals surface area contributed by atoms with E-state index < -0.39 is 0 Å². The Morgan fingerprint density at radius 3 is 1.84 bits per heavy atom. The Morgan fingerprint density at radius 1 is 1.00 bits per heavy atom. The highest BCUT2D eigenvalue weighted by Crippen LogP contribution is 2.18. The van der Waals surface area contributed by atoms with Crippen molar-refractivity contribution in [2.24, 2.45) is 0 Å². The van der Waals surface area contributed by atoms with E-state index in [-0.39, 0.29) is 23.2 Å². The molecule has 0 aromatic heterocycles. The molecule has 0 aliphatic carbocycles. The molecule has 19 heavy (non-hydrogen) atoms. The van der Waals surface area contributed by atoms with Gasteiger partial charge in [-0.3, -0.25) is 9.69 Å². The standard InChI is InChI=1S/C15H30N2O2/c1-12(19-15(5,6)7)13(18)16-8-10-17(11-9-16)14(2,3)4/h12H,8-11H2,1-7H3. The molecule has 0 bridgehead atoms. The number of nitrogens with zero attached hydrogens (tertiary/aromatic N) is 2. The lowest BCUT2D eigenvalue weighted by Crippen LogP contribution is -2.56. The van der Waals surface area contributed by atoms with Gasteiger partial charge in [-0.15, -0.1) is 0 Å². The van der Waals surface area contributed by atoms with E-state index in [0.29, 0.717) is 0 Å². The Kier molecular flexibility index (Phi) is 5.02. The van der Waals surface area contributed by atoms with Crippen LogP contribution < -0.4 is 0 Å². The molecule has 0 saturated carbocycles. The van der Waals surface area contributed by atoms with Crippen molar-refractivity contribution in [3.63, 3.8) is 0 Å². The molecule has 4 nitrogen and oxygen atoms in total. The van der Waals surface area contributed by atoms with Gasteiger partial charge >= 0.3 is 0 Å². The number of piperazine rings is 1. The monoisotopic (exact) mass is 270 g/mol. The summed E-state index contributed by atoms with van der Waals surface area (Å²) in [4.78, 5) is 16.7. The van der Waals surface area contributed by atoms with Crippen LogP contribution in [-0.4, -0.2) is 59.1 Å². The summed E-state index contributed by atoms with van der Waals surface area (Å²) in [7, 11) is 0. The third kappa shape index (κ3) is 5.11. The summed E-state index contributed by atoms with van der Waals surface area (Å²) in [6.45, 7) is 17.9. The van der Waals surface area contributed by atoms with Crippen molar-refractivity contribution in [2.45, 2.75) is 65.7 Å². The fourth-order valence-corrected chi connectivity index (χ4v) is 2.44. The van der Waals surface area contributed by atoms with E-state index in [1.54, 1.807) is 0 Å². The zero-order valence-corrected chi connectivity index (χ0v) is 13.6. The molecule has 0 aromatic carbocycles. The first-order chi connectivity index (χ1) is 8.50. The minimum atomic E-state index is -0.360. The second-order valence-corrected chi connectivity index (χ2v) is 7.36. The number of hydrogen-bond donors (Lipinski definition) is 0. The summed E-state index contributed by atoms with van der Waals surface area (Å²) in [6.07, 6.45) is -0.360. The average Bonchev–Trinajstić information content (AvgIpc) is 2.24. The Balaban J connectivity index is 2.49. The molecule has 0 N–H and O–H groups in total. The van der Waals surface area contributed by atoms with Crippen molar-refractivity contribution in [2.75, 3.05) is 26.2 Å². The van der Waals surface area contributed by atoms with Crippen molar-refractivity contribution in [3.8, 4) is 0 Å². The SMILES string of the molecule is CC(OC(C)(C)C)C(=O)N1CCN(C(C)(C)C)CC1. The van der Waals surface area contributed by atoms with Crippen LogP contribution in [0, 0.1) is 0 Å². The lowest BCUT2D eigenvalue weighted by atomic mass is 10.0. The molecular formula is C15H30N2O2. The van der Waals surface area contributed by atoms with E-state index in [2.05, 4.69) is 25.7 Å². The Labute approximate surface area is 118 Å². The molecule has 1 unspecified atom stereocenters. The molecule has 4 heteroatoms. The quantitative estimate of drug-likeness (QED) is 0.770. The molecule has 1 rings (SSSR count). The van der Waals surface area contributed by atoms with Crippen LogP contribution in [0.4, 0.5) is 0 Å². The summed E-state index contributed by atoms with van der Waals surface area (Å²) in [5.41, 5.74) is -0.0923. The van der Waals surface area contributed by atoms with Gasteiger partial charge in [-0.1, -0.05) is 0 Å². The fourth-order valence-electron chi connectivity index (χ4n) is 2.44. The van der Waals surface area contributed by atoms with Gasteiger partial charge in [0.15, 0.2) is 0 Å². The number of carbonyl (C=O) groups is 1. The lowest BCUT2D eigenvalue weighted by Gasteiger charge is -2.43. The molecule has 1 saturated heterocycles. The molecule has 1 atom stereocenters. The van der Waals surface area contributed by atoms with Gasteiger partial charge in [-0.2, -0.15) is 0 Å². The first-order valence-electron chi connectivity index (χ1n) is 7.22. The van der Waals surface area contributed by atoms with Gasteiger partial charge in [-0.25, -0.2) is 0 Å². The molecule has 112 valence electrons. The van der Waals surface area contributed by atoms with Crippen molar-refractivity contribution in [3.05, 3.63) is 0 Å². The number of rotatable bonds is 2. The number of ether oxygens (including phenoxy) is 1. The van der Waals surface area contributed by atoms with Crippen LogP contribution >= 0.6 is 0 Å². The zero-order chi connectivity index (χ0) is 14.8.